The summed E-state index contributed by atoms with van der Waals surface area (Å²) in [4.78, 5) is 28.2. The summed E-state index contributed by atoms with van der Waals surface area (Å²) in [6.45, 7) is 5.91. The van der Waals surface area contributed by atoms with Gasteiger partial charge >= 0.3 is 0 Å². The fraction of sp³-hybridized carbons (Fsp3) is 0.882. The van der Waals surface area contributed by atoms with E-state index < -0.39 is 0 Å². The van der Waals surface area contributed by atoms with Gasteiger partial charge in [-0.25, -0.2) is 0 Å². The van der Waals surface area contributed by atoms with Gasteiger partial charge in [-0.3, -0.25) is 9.59 Å². The van der Waals surface area contributed by atoms with Crippen LogP contribution in [0.15, 0.2) is 0 Å². The molecule has 6 heteroatoms. The Labute approximate surface area is 142 Å². The van der Waals surface area contributed by atoms with Gasteiger partial charge in [0.2, 0.25) is 11.8 Å². The smallest absolute Gasteiger partial charge is 0.248 e. The second-order valence-electron chi connectivity index (χ2n) is 7.73. The number of carbonyl (C=O) groups is 2. The van der Waals surface area contributed by atoms with Crippen LogP contribution in [0.2, 0.25) is 0 Å². The standard InChI is InChI=1S/C17H26N2O3S/c1-12-6-14(12)16(21)19-10-17(11-19)7-13(9-23-17)22-8-15(20)18-4-2-3-5-18/h12-14H,2-11H2,1H3/t12-,13-,14-/m1/s1. The van der Waals surface area contributed by atoms with Crippen molar-refractivity contribution < 1.29 is 14.3 Å². The molecular formula is C17H26N2O3S. The van der Waals surface area contributed by atoms with Crippen molar-refractivity contribution in [2.45, 2.75) is 43.5 Å². The molecule has 0 aromatic heterocycles. The van der Waals surface area contributed by atoms with Crippen LogP contribution in [0, 0.1) is 11.8 Å². The minimum atomic E-state index is 0.140. The number of nitrogens with zero attached hydrogens (tertiary/aromatic N) is 2. The highest BCUT2D eigenvalue weighted by Gasteiger charge is 2.54. The minimum Gasteiger partial charge on any atom is -0.367 e. The van der Waals surface area contributed by atoms with Crippen molar-refractivity contribution in [3.05, 3.63) is 0 Å². The summed E-state index contributed by atoms with van der Waals surface area (Å²) in [7, 11) is 0. The van der Waals surface area contributed by atoms with E-state index in [1.807, 2.05) is 21.6 Å². The fourth-order valence-corrected chi connectivity index (χ4v) is 5.63. The first-order valence-electron chi connectivity index (χ1n) is 8.88. The first-order valence-corrected chi connectivity index (χ1v) is 9.87. The summed E-state index contributed by atoms with van der Waals surface area (Å²) in [6, 6.07) is 0. The largest absolute Gasteiger partial charge is 0.367 e. The van der Waals surface area contributed by atoms with E-state index in [9.17, 15) is 9.59 Å². The van der Waals surface area contributed by atoms with Crippen molar-refractivity contribution in [2.75, 3.05) is 38.5 Å². The first kappa shape index (κ1) is 15.8. The Kier molecular flexibility index (Phi) is 4.08. The van der Waals surface area contributed by atoms with Crippen LogP contribution in [0.25, 0.3) is 0 Å². The second-order valence-corrected chi connectivity index (χ2v) is 9.22. The molecule has 1 spiro atoms. The molecule has 23 heavy (non-hydrogen) atoms. The van der Waals surface area contributed by atoms with Crippen LogP contribution in [-0.4, -0.2) is 71.0 Å². The SMILES string of the molecule is C[C@@H]1C[C@H]1C(=O)N1CC2(C[C@@H](OCC(=O)N3CCCC3)CS2)C1. The number of carbonyl (C=O) groups excluding carboxylic acids is 2. The van der Waals surface area contributed by atoms with Crippen LogP contribution < -0.4 is 0 Å². The van der Waals surface area contributed by atoms with Gasteiger partial charge in [-0.15, -0.1) is 11.8 Å². The molecule has 128 valence electrons. The Hall–Kier alpha value is -0.750. The summed E-state index contributed by atoms with van der Waals surface area (Å²) in [5.41, 5.74) is 0. The van der Waals surface area contributed by atoms with E-state index >= 15 is 0 Å². The Morgan fingerprint density at radius 3 is 2.57 bits per heavy atom. The summed E-state index contributed by atoms with van der Waals surface area (Å²) in [5.74, 6) is 2.33. The lowest BCUT2D eigenvalue weighted by molar-refractivity contribution is -0.139. The van der Waals surface area contributed by atoms with Crippen LogP contribution in [0.4, 0.5) is 0 Å². The fourth-order valence-electron chi connectivity index (χ4n) is 4.08. The highest BCUT2D eigenvalue weighted by molar-refractivity contribution is 8.01. The lowest BCUT2D eigenvalue weighted by atomic mass is 9.92. The molecule has 3 aliphatic heterocycles. The zero-order chi connectivity index (χ0) is 16.0. The van der Waals surface area contributed by atoms with Gasteiger partial charge < -0.3 is 14.5 Å². The number of ether oxygens (including phenoxy) is 1. The molecule has 2 amide bonds. The van der Waals surface area contributed by atoms with Gasteiger partial charge in [0.25, 0.3) is 0 Å². The lowest BCUT2D eigenvalue weighted by Crippen LogP contribution is -2.61. The molecule has 0 radical (unpaired) electrons. The predicted octanol–water partition coefficient (Wildman–Crippen LogP) is 1.37. The highest BCUT2D eigenvalue weighted by Crippen LogP contribution is 2.48. The number of rotatable bonds is 4. The molecule has 4 rings (SSSR count). The van der Waals surface area contributed by atoms with E-state index in [0.717, 1.165) is 57.6 Å². The third-order valence-electron chi connectivity index (χ3n) is 5.77. The Morgan fingerprint density at radius 2 is 1.91 bits per heavy atom. The summed E-state index contributed by atoms with van der Waals surface area (Å²) in [5, 5.41) is 0. The molecule has 0 unspecified atom stereocenters. The van der Waals surface area contributed by atoms with Gasteiger partial charge in [-0.1, -0.05) is 6.92 Å². The molecular weight excluding hydrogens is 312 g/mol. The van der Waals surface area contributed by atoms with Crippen molar-refractivity contribution in [2.24, 2.45) is 11.8 Å². The van der Waals surface area contributed by atoms with Gasteiger partial charge in [0.1, 0.15) is 6.61 Å². The number of likely N-dealkylation sites (tertiary alicyclic amines) is 2. The Balaban J connectivity index is 1.20. The monoisotopic (exact) mass is 338 g/mol. The zero-order valence-corrected chi connectivity index (χ0v) is 14.6. The first-order chi connectivity index (χ1) is 11.1. The predicted molar refractivity (Wildman–Crippen MR) is 89.2 cm³/mol. The molecule has 4 fully saturated rings. The number of hydrogen-bond acceptors (Lipinski definition) is 4. The van der Waals surface area contributed by atoms with Crippen LogP contribution in [0.5, 0.6) is 0 Å². The third-order valence-corrected chi connectivity index (χ3v) is 7.35. The lowest BCUT2D eigenvalue weighted by Gasteiger charge is -2.47. The van der Waals surface area contributed by atoms with Gasteiger partial charge in [-0.2, -0.15) is 0 Å². The van der Waals surface area contributed by atoms with Crippen molar-refractivity contribution >= 4 is 23.6 Å². The van der Waals surface area contributed by atoms with E-state index in [1.54, 1.807) is 0 Å². The maximum Gasteiger partial charge on any atom is 0.248 e. The molecule has 0 aromatic rings. The summed E-state index contributed by atoms with van der Waals surface area (Å²) < 4.78 is 6.07. The topological polar surface area (TPSA) is 49.9 Å². The second kappa shape index (κ2) is 5.96. The maximum absolute atomic E-state index is 12.2. The molecule has 1 saturated carbocycles. The van der Waals surface area contributed by atoms with Gasteiger partial charge in [-0.05, 0) is 31.6 Å². The van der Waals surface area contributed by atoms with Gasteiger partial charge in [0.05, 0.1) is 10.9 Å². The molecule has 0 bridgehead atoms. The van der Waals surface area contributed by atoms with Crippen molar-refractivity contribution in [3.8, 4) is 0 Å². The number of hydrogen-bond donors (Lipinski definition) is 0. The molecule has 0 aromatic carbocycles. The van der Waals surface area contributed by atoms with Gasteiger partial charge in [0.15, 0.2) is 0 Å². The molecule has 5 nitrogen and oxygen atoms in total. The molecule has 1 aliphatic carbocycles. The van der Waals surface area contributed by atoms with E-state index in [2.05, 4.69) is 6.92 Å². The van der Waals surface area contributed by atoms with Crippen molar-refractivity contribution in [1.82, 2.24) is 9.80 Å². The molecule has 3 saturated heterocycles. The maximum atomic E-state index is 12.2. The van der Waals surface area contributed by atoms with Crippen LogP contribution >= 0.6 is 11.8 Å². The number of thioether (sulfide) groups is 1. The van der Waals surface area contributed by atoms with Crippen molar-refractivity contribution in [3.63, 3.8) is 0 Å². The van der Waals surface area contributed by atoms with Crippen LogP contribution in [0.1, 0.15) is 32.6 Å². The van der Waals surface area contributed by atoms with Crippen molar-refractivity contribution in [1.29, 1.82) is 0 Å². The molecule has 4 aliphatic rings. The average molecular weight is 338 g/mol. The highest BCUT2D eigenvalue weighted by atomic mass is 32.2. The quantitative estimate of drug-likeness (QED) is 0.777. The molecule has 0 N–H and O–H groups in total. The third kappa shape index (κ3) is 3.12. The van der Waals surface area contributed by atoms with E-state index in [1.165, 1.54) is 0 Å². The van der Waals surface area contributed by atoms with Crippen LogP contribution in [-0.2, 0) is 14.3 Å². The Bertz CT molecular complexity index is 500. The Morgan fingerprint density at radius 1 is 1.22 bits per heavy atom. The number of amides is 2. The normalized spacial score (nSPS) is 34.7. The average Bonchev–Trinajstić information content (AvgIpc) is 2.98. The van der Waals surface area contributed by atoms with E-state index in [0.29, 0.717) is 17.7 Å². The summed E-state index contributed by atoms with van der Waals surface area (Å²) >= 11 is 1.93. The van der Waals surface area contributed by atoms with Gasteiger partial charge in [0, 0.05) is 37.8 Å². The minimum absolute atomic E-state index is 0.140. The molecule has 3 heterocycles. The van der Waals surface area contributed by atoms with Crippen LogP contribution in [0.3, 0.4) is 0 Å². The van der Waals surface area contributed by atoms with E-state index in [-0.39, 0.29) is 23.4 Å². The van der Waals surface area contributed by atoms with E-state index in [4.69, 9.17) is 4.74 Å². The zero-order valence-electron chi connectivity index (χ0n) is 13.8. The summed E-state index contributed by atoms with van der Waals surface area (Å²) in [6.07, 6.45) is 4.47. The molecule has 3 atom stereocenters.